The average molecular weight is 234 g/mol. The van der Waals surface area contributed by atoms with Crippen LogP contribution < -0.4 is 5.32 Å². The molecule has 1 N–H and O–H groups in total. The van der Waals surface area contributed by atoms with Crippen molar-refractivity contribution in [2.75, 3.05) is 19.8 Å². The van der Waals surface area contributed by atoms with Crippen LogP contribution in [0.1, 0.15) is 30.9 Å². The summed E-state index contributed by atoms with van der Waals surface area (Å²) in [6.07, 6.45) is 6.53. The van der Waals surface area contributed by atoms with E-state index >= 15 is 0 Å². The maximum Gasteiger partial charge on any atom is 0.171 e. The molecular weight excluding hydrogens is 216 g/mol. The Hall–Kier alpha value is -0.970. The molecule has 0 aliphatic carbocycles. The van der Waals surface area contributed by atoms with Crippen LogP contribution in [-0.2, 0) is 9.47 Å². The van der Waals surface area contributed by atoms with E-state index in [-0.39, 0.29) is 11.8 Å². The quantitative estimate of drug-likeness (QED) is 0.802. The van der Waals surface area contributed by atoms with Crippen molar-refractivity contribution < 1.29 is 9.47 Å². The molecule has 0 aromatic carbocycles. The van der Waals surface area contributed by atoms with Crippen molar-refractivity contribution in [2.24, 2.45) is 0 Å². The number of nitrogens with zero attached hydrogens (tertiary/aromatic N) is 1. The van der Waals surface area contributed by atoms with Gasteiger partial charge in [-0.05, 0) is 18.1 Å². The summed E-state index contributed by atoms with van der Waals surface area (Å²) in [5.74, 6) is -0.357. The van der Waals surface area contributed by atoms with Crippen molar-refractivity contribution in [3.63, 3.8) is 0 Å². The lowest BCUT2D eigenvalue weighted by Gasteiger charge is -2.43. The molecule has 3 rings (SSSR count). The molecule has 2 aliphatic heterocycles. The molecular formula is C13H18N2O2. The van der Waals surface area contributed by atoms with Crippen molar-refractivity contribution in [3.05, 3.63) is 30.1 Å². The van der Waals surface area contributed by atoms with Crippen molar-refractivity contribution >= 4 is 0 Å². The fraction of sp³-hybridized carbons (Fsp3) is 0.615. The molecule has 92 valence electrons. The van der Waals surface area contributed by atoms with Gasteiger partial charge in [0.2, 0.25) is 0 Å². The molecule has 1 aromatic rings. The van der Waals surface area contributed by atoms with Crippen LogP contribution in [0.4, 0.5) is 0 Å². The standard InChI is InChI=1S/C13H18N2O2/c1-3-11(10-14-5-1)12-9-13(4-6-15-12)16-7-2-8-17-13/h1,3,5,10,12,15H,2,4,6-9H2. The Morgan fingerprint density at radius 2 is 2.24 bits per heavy atom. The van der Waals surface area contributed by atoms with Gasteiger partial charge in [-0.1, -0.05) is 6.07 Å². The second-order valence-corrected chi connectivity index (χ2v) is 4.71. The predicted molar refractivity (Wildman–Crippen MR) is 63.5 cm³/mol. The van der Waals surface area contributed by atoms with Crippen molar-refractivity contribution in [2.45, 2.75) is 31.1 Å². The highest BCUT2D eigenvalue weighted by molar-refractivity contribution is 5.15. The third-order valence-corrected chi connectivity index (χ3v) is 3.52. The van der Waals surface area contributed by atoms with E-state index in [4.69, 9.17) is 9.47 Å². The molecule has 2 fully saturated rings. The number of aromatic nitrogens is 1. The van der Waals surface area contributed by atoms with E-state index in [0.717, 1.165) is 39.0 Å². The summed E-state index contributed by atoms with van der Waals surface area (Å²) in [7, 11) is 0. The third kappa shape index (κ3) is 2.34. The van der Waals surface area contributed by atoms with Crippen LogP contribution in [0.25, 0.3) is 0 Å². The van der Waals surface area contributed by atoms with Gasteiger partial charge < -0.3 is 14.8 Å². The first kappa shape index (κ1) is 11.1. The number of pyridine rings is 1. The molecule has 1 atom stereocenters. The predicted octanol–water partition coefficient (Wildman–Crippen LogP) is 1.64. The highest BCUT2D eigenvalue weighted by Gasteiger charge is 2.40. The summed E-state index contributed by atoms with van der Waals surface area (Å²) in [6.45, 7) is 2.57. The highest BCUT2D eigenvalue weighted by Crippen LogP contribution is 2.35. The lowest BCUT2D eigenvalue weighted by atomic mass is 9.93. The molecule has 4 nitrogen and oxygen atoms in total. The van der Waals surface area contributed by atoms with Crippen LogP contribution in [0.3, 0.4) is 0 Å². The first-order valence-corrected chi connectivity index (χ1v) is 6.29. The van der Waals surface area contributed by atoms with Crippen molar-refractivity contribution in [3.8, 4) is 0 Å². The van der Waals surface area contributed by atoms with Gasteiger partial charge in [0.25, 0.3) is 0 Å². The molecule has 2 aliphatic rings. The van der Waals surface area contributed by atoms with Crippen LogP contribution in [0.15, 0.2) is 24.5 Å². The lowest BCUT2D eigenvalue weighted by Crippen LogP contribution is -2.49. The minimum atomic E-state index is -0.357. The minimum Gasteiger partial charge on any atom is -0.350 e. The summed E-state index contributed by atoms with van der Waals surface area (Å²) in [6, 6.07) is 4.36. The fourth-order valence-corrected chi connectivity index (χ4v) is 2.62. The monoisotopic (exact) mass is 234 g/mol. The van der Waals surface area contributed by atoms with E-state index in [0.29, 0.717) is 0 Å². The zero-order valence-electron chi connectivity index (χ0n) is 9.89. The van der Waals surface area contributed by atoms with E-state index in [1.54, 1.807) is 6.20 Å². The second-order valence-electron chi connectivity index (χ2n) is 4.71. The normalized spacial score (nSPS) is 28.1. The van der Waals surface area contributed by atoms with Gasteiger partial charge in [-0.25, -0.2) is 0 Å². The van der Waals surface area contributed by atoms with Gasteiger partial charge in [0.15, 0.2) is 5.79 Å². The van der Waals surface area contributed by atoms with Gasteiger partial charge in [0, 0.05) is 37.8 Å². The Bertz CT molecular complexity index is 357. The van der Waals surface area contributed by atoms with E-state index < -0.39 is 0 Å². The zero-order valence-corrected chi connectivity index (χ0v) is 9.89. The zero-order chi connectivity index (χ0) is 11.6. The Kier molecular flexibility index (Phi) is 3.09. The van der Waals surface area contributed by atoms with Gasteiger partial charge >= 0.3 is 0 Å². The molecule has 17 heavy (non-hydrogen) atoms. The smallest absolute Gasteiger partial charge is 0.171 e. The van der Waals surface area contributed by atoms with Gasteiger partial charge in [-0.3, -0.25) is 4.98 Å². The summed E-state index contributed by atoms with van der Waals surface area (Å²) in [5.41, 5.74) is 1.21. The van der Waals surface area contributed by atoms with Crippen LogP contribution in [0.5, 0.6) is 0 Å². The van der Waals surface area contributed by atoms with Crippen LogP contribution in [0.2, 0.25) is 0 Å². The first-order chi connectivity index (χ1) is 8.38. The van der Waals surface area contributed by atoms with Crippen molar-refractivity contribution in [1.29, 1.82) is 0 Å². The summed E-state index contributed by atoms with van der Waals surface area (Å²) >= 11 is 0. The maximum atomic E-state index is 5.88. The van der Waals surface area contributed by atoms with Gasteiger partial charge in [0.05, 0.1) is 13.2 Å². The lowest BCUT2D eigenvalue weighted by molar-refractivity contribution is -0.281. The third-order valence-electron chi connectivity index (χ3n) is 3.52. The maximum absolute atomic E-state index is 5.88. The molecule has 1 unspecified atom stereocenters. The number of rotatable bonds is 1. The second kappa shape index (κ2) is 4.72. The molecule has 4 heteroatoms. The first-order valence-electron chi connectivity index (χ1n) is 6.29. The molecule has 1 aromatic heterocycles. The molecule has 0 bridgehead atoms. The minimum absolute atomic E-state index is 0.288. The van der Waals surface area contributed by atoms with Gasteiger partial charge in [0.1, 0.15) is 0 Å². The number of hydrogen-bond donors (Lipinski definition) is 1. The van der Waals surface area contributed by atoms with E-state index in [1.807, 2.05) is 12.3 Å². The van der Waals surface area contributed by atoms with Gasteiger partial charge in [-0.15, -0.1) is 0 Å². The number of nitrogens with one attached hydrogen (secondary N) is 1. The SMILES string of the molecule is c1cncc(C2CC3(CCN2)OCCCO3)c1. The summed E-state index contributed by atoms with van der Waals surface area (Å²) < 4.78 is 11.8. The Balaban J connectivity index is 1.75. The topological polar surface area (TPSA) is 43.4 Å². The summed E-state index contributed by atoms with van der Waals surface area (Å²) in [5, 5.41) is 3.51. The number of ether oxygens (including phenoxy) is 2. The number of piperidine rings is 1. The van der Waals surface area contributed by atoms with E-state index in [1.165, 1.54) is 5.56 Å². The van der Waals surface area contributed by atoms with E-state index in [9.17, 15) is 0 Å². The van der Waals surface area contributed by atoms with Crippen molar-refractivity contribution in [1.82, 2.24) is 10.3 Å². The molecule has 3 heterocycles. The Morgan fingerprint density at radius 3 is 3.00 bits per heavy atom. The number of hydrogen-bond acceptors (Lipinski definition) is 4. The Morgan fingerprint density at radius 1 is 1.35 bits per heavy atom. The van der Waals surface area contributed by atoms with Gasteiger partial charge in [-0.2, -0.15) is 0 Å². The molecule has 0 saturated carbocycles. The largest absolute Gasteiger partial charge is 0.350 e. The highest BCUT2D eigenvalue weighted by atomic mass is 16.7. The summed E-state index contributed by atoms with van der Waals surface area (Å²) in [4.78, 5) is 4.17. The van der Waals surface area contributed by atoms with Crippen LogP contribution in [0, 0.1) is 0 Å². The Labute approximate surface area is 101 Å². The average Bonchev–Trinajstić information content (AvgIpc) is 2.41. The molecule has 0 radical (unpaired) electrons. The molecule has 1 spiro atoms. The van der Waals surface area contributed by atoms with Crippen LogP contribution >= 0.6 is 0 Å². The van der Waals surface area contributed by atoms with Crippen LogP contribution in [-0.4, -0.2) is 30.5 Å². The fourth-order valence-electron chi connectivity index (χ4n) is 2.62. The molecule has 2 saturated heterocycles. The molecule has 0 amide bonds. The van der Waals surface area contributed by atoms with E-state index in [2.05, 4.69) is 16.4 Å².